The molecular formula is C23H34IN3O3. The van der Waals surface area contributed by atoms with Gasteiger partial charge in [0.15, 0.2) is 5.96 Å². The van der Waals surface area contributed by atoms with Crippen LogP contribution >= 0.6 is 24.0 Å². The SMILES string of the molecule is CCNC(=NCc1ccc(C)cc1OCCOC)NCc1ccccc1COC.I. The van der Waals surface area contributed by atoms with Crippen LogP contribution in [0.1, 0.15) is 29.2 Å². The second kappa shape index (κ2) is 15.0. The van der Waals surface area contributed by atoms with E-state index >= 15 is 0 Å². The van der Waals surface area contributed by atoms with Crippen LogP contribution in [-0.2, 0) is 29.2 Å². The minimum atomic E-state index is 0. The number of halogens is 1. The summed E-state index contributed by atoms with van der Waals surface area (Å²) in [5.41, 5.74) is 4.57. The third kappa shape index (κ3) is 8.89. The standard InChI is InChI=1S/C23H33N3O3.HI/c1-5-24-23(25-15-19-8-6-7-9-21(19)17-28-4)26-16-20-11-10-18(2)14-22(20)29-13-12-27-3;/h6-11,14H,5,12-13,15-17H2,1-4H3,(H2,24,25,26);1H. The van der Waals surface area contributed by atoms with Crippen molar-refractivity contribution in [1.82, 2.24) is 10.6 Å². The number of benzene rings is 2. The first-order valence-electron chi connectivity index (χ1n) is 9.97. The molecule has 0 bridgehead atoms. The van der Waals surface area contributed by atoms with Crippen LogP contribution < -0.4 is 15.4 Å². The maximum atomic E-state index is 5.87. The summed E-state index contributed by atoms with van der Waals surface area (Å²) in [6.07, 6.45) is 0. The number of hydrogen-bond acceptors (Lipinski definition) is 4. The summed E-state index contributed by atoms with van der Waals surface area (Å²) in [4.78, 5) is 4.74. The van der Waals surface area contributed by atoms with Gasteiger partial charge in [-0.2, -0.15) is 0 Å². The summed E-state index contributed by atoms with van der Waals surface area (Å²) < 4.78 is 16.3. The molecule has 7 heteroatoms. The zero-order valence-corrected chi connectivity index (χ0v) is 20.7. The van der Waals surface area contributed by atoms with Crippen molar-refractivity contribution < 1.29 is 14.2 Å². The van der Waals surface area contributed by atoms with Gasteiger partial charge in [0, 0.05) is 32.9 Å². The Bertz CT molecular complexity index is 784. The summed E-state index contributed by atoms with van der Waals surface area (Å²) in [6.45, 7) is 7.77. The van der Waals surface area contributed by atoms with E-state index in [1.165, 1.54) is 11.1 Å². The molecule has 0 saturated carbocycles. The van der Waals surface area contributed by atoms with Crippen molar-refractivity contribution in [2.45, 2.75) is 33.5 Å². The second-order valence-electron chi connectivity index (χ2n) is 6.70. The normalized spacial score (nSPS) is 11.0. The van der Waals surface area contributed by atoms with Gasteiger partial charge in [0.1, 0.15) is 12.4 Å². The second-order valence-corrected chi connectivity index (χ2v) is 6.70. The molecule has 0 spiro atoms. The maximum Gasteiger partial charge on any atom is 0.191 e. The van der Waals surface area contributed by atoms with Crippen molar-refractivity contribution in [1.29, 1.82) is 0 Å². The van der Waals surface area contributed by atoms with Gasteiger partial charge in [-0.05, 0) is 36.6 Å². The lowest BCUT2D eigenvalue weighted by molar-refractivity contribution is 0.145. The molecule has 0 fully saturated rings. The molecule has 0 heterocycles. The lowest BCUT2D eigenvalue weighted by atomic mass is 10.1. The van der Waals surface area contributed by atoms with Crippen molar-refractivity contribution in [3.63, 3.8) is 0 Å². The number of hydrogen-bond donors (Lipinski definition) is 2. The molecule has 0 unspecified atom stereocenters. The van der Waals surface area contributed by atoms with Crippen molar-refractivity contribution in [3.8, 4) is 5.75 Å². The predicted octanol–water partition coefficient (Wildman–Crippen LogP) is 4.04. The summed E-state index contributed by atoms with van der Waals surface area (Å²) in [6, 6.07) is 14.4. The Balaban J connectivity index is 0.00000450. The molecule has 0 radical (unpaired) electrons. The van der Waals surface area contributed by atoms with Crippen LogP contribution in [0.5, 0.6) is 5.75 Å². The van der Waals surface area contributed by atoms with Crippen LogP contribution in [0, 0.1) is 6.92 Å². The number of ether oxygens (including phenoxy) is 3. The first-order valence-corrected chi connectivity index (χ1v) is 9.97. The quantitative estimate of drug-likeness (QED) is 0.200. The van der Waals surface area contributed by atoms with Gasteiger partial charge in [-0.25, -0.2) is 4.99 Å². The molecule has 0 amide bonds. The topological polar surface area (TPSA) is 64.1 Å². The molecule has 2 aromatic rings. The lowest BCUT2D eigenvalue weighted by Gasteiger charge is -2.15. The highest BCUT2D eigenvalue weighted by atomic mass is 127. The average molecular weight is 527 g/mol. The summed E-state index contributed by atoms with van der Waals surface area (Å²) in [7, 11) is 3.38. The molecule has 2 aromatic carbocycles. The van der Waals surface area contributed by atoms with E-state index in [1.54, 1.807) is 14.2 Å². The zero-order chi connectivity index (χ0) is 20.9. The molecule has 0 saturated heterocycles. The fraction of sp³-hybridized carbons (Fsp3) is 0.435. The number of nitrogens with zero attached hydrogens (tertiary/aromatic N) is 1. The molecule has 0 aliphatic rings. The highest BCUT2D eigenvalue weighted by Gasteiger charge is 2.06. The van der Waals surface area contributed by atoms with E-state index in [0.717, 1.165) is 29.4 Å². The lowest BCUT2D eigenvalue weighted by Crippen LogP contribution is -2.37. The van der Waals surface area contributed by atoms with Gasteiger partial charge >= 0.3 is 0 Å². The van der Waals surface area contributed by atoms with E-state index < -0.39 is 0 Å². The van der Waals surface area contributed by atoms with Crippen LogP contribution in [0.4, 0.5) is 0 Å². The van der Waals surface area contributed by atoms with Gasteiger partial charge in [0.05, 0.1) is 19.8 Å². The largest absolute Gasteiger partial charge is 0.491 e. The molecule has 0 aliphatic carbocycles. The van der Waals surface area contributed by atoms with Gasteiger partial charge < -0.3 is 24.8 Å². The first kappa shape index (κ1) is 26.2. The van der Waals surface area contributed by atoms with Crippen molar-refractivity contribution in [3.05, 3.63) is 64.7 Å². The van der Waals surface area contributed by atoms with Crippen LogP contribution in [0.3, 0.4) is 0 Å². The molecule has 166 valence electrons. The third-order valence-corrected chi connectivity index (χ3v) is 4.38. The van der Waals surface area contributed by atoms with Crippen molar-refractivity contribution >= 4 is 29.9 Å². The molecule has 30 heavy (non-hydrogen) atoms. The maximum absolute atomic E-state index is 5.87. The minimum Gasteiger partial charge on any atom is -0.491 e. The van der Waals surface area contributed by atoms with Gasteiger partial charge in [-0.1, -0.05) is 36.4 Å². The van der Waals surface area contributed by atoms with E-state index in [4.69, 9.17) is 19.2 Å². The molecule has 2 rings (SSSR count). The summed E-state index contributed by atoms with van der Waals surface area (Å²) in [5.74, 6) is 1.62. The number of rotatable bonds is 11. The zero-order valence-electron chi connectivity index (χ0n) is 18.4. The van der Waals surface area contributed by atoms with E-state index in [9.17, 15) is 0 Å². The van der Waals surface area contributed by atoms with E-state index in [2.05, 4.69) is 48.7 Å². The van der Waals surface area contributed by atoms with Crippen LogP contribution in [0.15, 0.2) is 47.5 Å². The summed E-state index contributed by atoms with van der Waals surface area (Å²) in [5, 5.41) is 6.72. The smallest absolute Gasteiger partial charge is 0.191 e. The van der Waals surface area contributed by atoms with Gasteiger partial charge in [0.2, 0.25) is 0 Å². The number of nitrogens with one attached hydrogen (secondary N) is 2. The Kier molecular flexibility index (Phi) is 13.1. The Morgan fingerprint density at radius 2 is 1.70 bits per heavy atom. The Hall–Kier alpha value is -1.84. The molecular weight excluding hydrogens is 493 g/mol. The van der Waals surface area contributed by atoms with Gasteiger partial charge in [0.25, 0.3) is 0 Å². The van der Waals surface area contributed by atoms with Gasteiger partial charge in [-0.15, -0.1) is 24.0 Å². The highest BCUT2D eigenvalue weighted by molar-refractivity contribution is 14.0. The van der Waals surface area contributed by atoms with E-state index in [1.807, 2.05) is 18.2 Å². The van der Waals surface area contributed by atoms with Crippen LogP contribution in [0.2, 0.25) is 0 Å². The molecule has 0 aliphatic heterocycles. The highest BCUT2D eigenvalue weighted by Crippen LogP contribution is 2.21. The first-order chi connectivity index (χ1) is 14.2. The number of guanidine groups is 1. The molecule has 6 nitrogen and oxygen atoms in total. The van der Waals surface area contributed by atoms with Crippen LogP contribution in [0.25, 0.3) is 0 Å². The summed E-state index contributed by atoms with van der Waals surface area (Å²) >= 11 is 0. The fourth-order valence-electron chi connectivity index (χ4n) is 2.87. The Labute approximate surface area is 197 Å². The Morgan fingerprint density at radius 3 is 2.40 bits per heavy atom. The number of aliphatic imine (C=N–C) groups is 1. The minimum absolute atomic E-state index is 0. The fourth-order valence-corrected chi connectivity index (χ4v) is 2.87. The van der Waals surface area contributed by atoms with Crippen molar-refractivity contribution in [2.75, 3.05) is 34.0 Å². The molecule has 0 aromatic heterocycles. The monoisotopic (exact) mass is 527 g/mol. The Morgan fingerprint density at radius 1 is 0.933 bits per heavy atom. The molecule has 2 N–H and O–H groups in total. The van der Waals surface area contributed by atoms with E-state index in [0.29, 0.717) is 32.9 Å². The predicted molar refractivity (Wildman–Crippen MR) is 133 cm³/mol. The van der Waals surface area contributed by atoms with Crippen LogP contribution in [-0.4, -0.2) is 39.9 Å². The van der Waals surface area contributed by atoms with Gasteiger partial charge in [-0.3, -0.25) is 0 Å². The molecule has 0 atom stereocenters. The average Bonchev–Trinajstić information content (AvgIpc) is 2.72. The number of aryl methyl sites for hydroxylation is 1. The number of methoxy groups -OCH3 is 2. The third-order valence-electron chi connectivity index (χ3n) is 4.38. The van der Waals surface area contributed by atoms with Crippen molar-refractivity contribution in [2.24, 2.45) is 4.99 Å². The van der Waals surface area contributed by atoms with E-state index in [-0.39, 0.29) is 24.0 Å².